The molecule has 0 bridgehead atoms. The third-order valence-corrected chi connectivity index (χ3v) is 3.02. The molecule has 0 amide bonds. The molecule has 0 fully saturated rings. The Hall–Kier alpha value is -1.45. The molecule has 0 aliphatic rings. The largest absolute Gasteiger partial charge is 0.463 e. The molecule has 0 heterocycles. The Labute approximate surface area is 121 Å². The lowest BCUT2D eigenvalue weighted by molar-refractivity contribution is -0.147. The minimum absolute atomic E-state index is 0.0307. The van der Waals surface area contributed by atoms with Gasteiger partial charge in [0.2, 0.25) is 0 Å². The SMILES string of the molecule is CCCCC(=O)/C(CCC(=O)OC(C)C)=C(/C)C(C)=O. The van der Waals surface area contributed by atoms with Gasteiger partial charge in [0.25, 0.3) is 0 Å². The topological polar surface area (TPSA) is 60.4 Å². The van der Waals surface area contributed by atoms with Gasteiger partial charge in [0.05, 0.1) is 6.10 Å². The van der Waals surface area contributed by atoms with Crippen LogP contribution in [0, 0.1) is 0 Å². The third kappa shape index (κ3) is 7.22. The number of carbonyl (C=O) groups is 3. The lowest BCUT2D eigenvalue weighted by Crippen LogP contribution is -2.14. The molecule has 114 valence electrons. The summed E-state index contributed by atoms with van der Waals surface area (Å²) < 4.78 is 5.04. The van der Waals surface area contributed by atoms with E-state index in [0.717, 1.165) is 12.8 Å². The van der Waals surface area contributed by atoms with Gasteiger partial charge in [-0.3, -0.25) is 14.4 Å². The summed E-state index contributed by atoms with van der Waals surface area (Å²) in [5.74, 6) is -0.490. The molecule has 0 aliphatic heterocycles. The van der Waals surface area contributed by atoms with Gasteiger partial charge in [-0.2, -0.15) is 0 Å². The number of hydrogen-bond acceptors (Lipinski definition) is 4. The van der Waals surface area contributed by atoms with Crippen LogP contribution < -0.4 is 0 Å². The van der Waals surface area contributed by atoms with Crippen LogP contribution in [0.15, 0.2) is 11.1 Å². The highest BCUT2D eigenvalue weighted by Gasteiger charge is 2.17. The molecule has 0 saturated heterocycles. The van der Waals surface area contributed by atoms with Crippen LogP contribution in [0.2, 0.25) is 0 Å². The Morgan fingerprint density at radius 1 is 1.00 bits per heavy atom. The molecule has 0 saturated carbocycles. The van der Waals surface area contributed by atoms with Gasteiger partial charge in [-0.05, 0) is 46.1 Å². The Morgan fingerprint density at radius 2 is 1.60 bits per heavy atom. The normalized spacial score (nSPS) is 12.1. The Bertz CT molecular complexity index is 391. The quantitative estimate of drug-likeness (QED) is 0.480. The number of ketones is 2. The molecule has 0 aromatic carbocycles. The molecule has 0 aliphatic carbocycles. The van der Waals surface area contributed by atoms with Crippen molar-refractivity contribution in [2.24, 2.45) is 0 Å². The van der Waals surface area contributed by atoms with Crippen LogP contribution in [0.4, 0.5) is 0 Å². The van der Waals surface area contributed by atoms with E-state index in [0.29, 0.717) is 17.6 Å². The maximum atomic E-state index is 12.1. The molecule has 20 heavy (non-hydrogen) atoms. The monoisotopic (exact) mass is 282 g/mol. The predicted molar refractivity (Wildman–Crippen MR) is 78.4 cm³/mol. The predicted octanol–water partition coefficient (Wildman–Crippen LogP) is 3.38. The Morgan fingerprint density at radius 3 is 2.05 bits per heavy atom. The summed E-state index contributed by atoms with van der Waals surface area (Å²) in [4.78, 5) is 35.1. The van der Waals surface area contributed by atoms with Gasteiger partial charge >= 0.3 is 5.97 Å². The van der Waals surface area contributed by atoms with Gasteiger partial charge < -0.3 is 4.74 Å². The van der Waals surface area contributed by atoms with Crippen LogP contribution in [0.5, 0.6) is 0 Å². The fourth-order valence-corrected chi connectivity index (χ4v) is 1.79. The number of allylic oxidation sites excluding steroid dienone is 2. The summed E-state index contributed by atoms with van der Waals surface area (Å²) in [6.45, 7) is 8.66. The molecule has 0 aromatic rings. The van der Waals surface area contributed by atoms with E-state index in [1.165, 1.54) is 6.92 Å². The van der Waals surface area contributed by atoms with Gasteiger partial charge in [-0.1, -0.05) is 13.3 Å². The van der Waals surface area contributed by atoms with Gasteiger partial charge in [-0.25, -0.2) is 0 Å². The van der Waals surface area contributed by atoms with E-state index in [1.54, 1.807) is 20.8 Å². The first-order valence-electron chi connectivity index (χ1n) is 7.22. The van der Waals surface area contributed by atoms with Crippen LogP contribution in [0.1, 0.15) is 66.7 Å². The number of ether oxygens (including phenoxy) is 1. The molecule has 0 atom stereocenters. The number of rotatable bonds is 9. The highest BCUT2D eigenvalue weighted by molar-refractivity contribution is 6.05. The van der Waals surface area contributed by atoms with Crippen molar-refractivity contribution < 1.29 is 19.1 Å². The van der Waals surface area contributed by atoms with Gasteiger partial charge in [-0.15, -0.1) is 0 Å². The van der Waals surface area contributed by atoms with Crippen LogP contribution in [-0.2, 0) is 19.1 Å². The number of hydrogen-bond donors (Lipinski definition) is 0. The summed E-state index contributed by atoms with van der Waals surface area (Å²) >= 11 is 0. The van der Waals surface area contributed by atoms with Crippen molar-refractivity contribution in [3.63, 3.8) is 0 Å². The van der Waals surface area contributed by atoms with Crippen molar-refractivity contribution in [3.8, 4) is 0 Å². The van der Waals surface area contributed by atoms with E-state index in [4.69, 9.17) is 4.74 Å². The molecule has 4 nitrogen and oxygen atoms in total. The van der Waals surface area contributed by atoms with Gasteiger partial charge in [0.1, 0.15) is 0 Å². The number of esters is 1. The zero-order chi connectivity index (χ0) is 15.7. The fraction of sp³-hybridized carbons (Fsp3) is 0.688. The van der Waals surface area contributed by atoms with Crippen molar-refractivity contribution in [2.75, 3.05) is 0 Å². The van der Waals surface area contributed by atoms with Gasteiger partial charge in [0, 0.05) is 18.4 Å². The first-order valence-corrected chi connectivity index (χ1v) is 7.22. The zero-order valence-corrected chi connectivity index (χ0v) is 13.2. The molecule has 0 rings (SSSR count). The standard InChI is InChI=1S/C16H26O4/c1-6-7-8-15(18)14(12(4)13(5)17)9-10-16(19)20-11(2)3/h11H,6-10H2,1-5H3/b14-12-. The summed E-state index contributed by atoms with van der Waals surface area (Å²) in [5.41, 5.74) is 0.940. The second kappa shape index (κ2) is 9.45. The van der Waals surface area contributed by atoms with Crippen molar-refractivity contribution >= 4 is 17.5 Å². The number of carbonyl (C=O) groups excluding carboxylic acids is 3. The average Bonchev–Trinajstić information content (AvgIpc) is 2.35. The smallest absolute Gasteiger partial charge is 0.306 e. The van der Waals surface area contributed by atoms with E-state index < -0.39 is 0 Å². The van der Waals surface area contributed by atoms with Crippen molar-refractivity contribution in [1.29, 1.82) is 0 Å². The number of unbranched alkanes of at least 4 members (excludes halogenated alkanes) is 1. The van der Waals surface area contributed by atoms with Crippen LogP contribution >= 0.6 is 0 Å². The first kappa shape index (κ1) is 18.6. The number of Topliss-reactive ketones (excluding diaryl/α,β-unsaturated/α-hetero) is 2. The summed E-state index contributed by atoms with van der Waals surface area (Å²) in [6, 6.07) is 0. The molecular formula is C16H26O4. The Kier molecular flexibility index (Phi) is 8.77. The fourth-order valence-electron chi connectivity index (χ4n) is 1.79. The summed E-state index contributed by atoms with van der Waals surface area (Å²) in [7, 11) is 0. The van der Waals surface area contributed by atoms with Crippen molar-refractivity contribution in [3.05, 3.63) is 11.1 Å². The molecular weight excluding hydrogens is 256 g/mol. The van der Waals surface area contributed by atoms with Crippen LogP contribution in [0.25, 0.3) is 0 Å². The van der Waals surface area contributed by atoms with Crippen LogP contribution in [0.3, 0.4) is 0 Å². The lowest BCUT2D eigenvalue weighted by atomic mass is 9.95. The second-order valence-electron chi connectivity index (χ2n) is 5.23. The van der Waals surface area contributed by atoms with E-state index in [1.807, 2.05) is 6.92 Å². The van der Waals surface area contributed by atoms with E-state index in [-0.39, 0.29) is 36.5 Å². The Balaban J connectivity index is 4.81. The highest BCUT2D eigenvalue weighted by atomic mass is 16.5. The van der Waals surface area contributed by atoms with E-state index >= 15 is 0 Å². The van der Waals surface area contributed by atoms with E-state index in [2.05, 4.69) is 0 Å². The first-order chi connectivity index (χ1) is 9.29. The van der Waals surface area contributed by atoms with Gasteiger partial charge in [0.15, 0.2) is 11.6 Å². The molecule has 0 N–H and O–H groups in total. The lowest BCUT2D eigenvalue weighted by Gasteiger charge is -2.11. The molecule has 0 radical (unpaired) electrons. The molecule has 4 heteroatoms. The average molecular weight is 282 g/mol. The molecule has 0 aromatic heterocycles. The van der Waals surface area contributed by atoms with E-state index in [9.17, 15) is 14.4 Å². The summed E-state index contributed by atoms with van der Waals surface area (Å²) in [6.07, 6.45) is 2.39. The van der Waals surface area contributed by atoms with Crippen LogP contribution in [-0.4, -0.2) is 23.6 Å². The minimum atomic E-state index is -0.336. The van der Waals surface area contributed by atoms with Crippen molar-refractivity contribution in [1.82, 2.24) is 0 Å². The molecule has 0 unspecified atom stereocenters. The summed E-state index contributed by atoms with van der Waals surface area (Å²) in [5, 5.41) is 0. The maximum absolute atomic E-state index is 12.1. The van der Waals surface area contributed by atoms with Crippen molar-refractivity contribution in [2.45, 2.75) is 72.8 Å². The second-order valence-corrected chi connectivity index (χ2v) is 5.23. The molecule has 0 spiro atoms. The zero-order valence-electron chi connectivity index (χ0n) is 13.2. The highest BCUT2D eigenvalue weighted by Crippen LogP contribution is 2.17. The maximum Gasteiger partial charge on any atom is 0.306 e. The minimum Gasteiger partial charge on any atom is -0.463 e. The third-order valence-electron chi connectivity index (χ3n) is 3.02.